The van der Waals surface area contributed by atoms with Gasteiger partial charge in [0.2, 0.25) is 0 Å². The number of benzene rings is 3. The van der Waals surface area contributed by atoms with Crippen LogP contribution in [-0.2, 0) is 17.4 Å². The molecule has 0 amide bonds. The topological polar surface area (TPSA) is 17.1 Å². The maximum atomic E-state index is 13.4. The van der Waals surface area contributed by atoms with Crippen molar-refractivity contribution in [1.29, 1.82) is 0 Å². The van der Waals surface area contributed by atoms with Gasteiger partial charge in [-0.05, 0) is 72.4 Å². The lowest BCUT2D eigenvalue weighted by atomic mass is 9.86. The molecule has 3 aromatic carbocycles. The Morgan fingerprint density at radius 3 is 1.88 bits per heavy atom. The quantitative estimate of drug-likeness (QED) is 0.214. The lowest BCUT2D eigenvalue weighted by molar-refractivity contribution is -0.138. The lowest BCUT2D eigenvalue weighted by Gasteiger charge is -2.18. The summed E-state index contributed by atoms with van der Waals surface area (Å²) < 4.78 is 65.9. The van der Waals surface area contributed by atoms with Crippen LogP contribution in [0.4, 0.5) is 22.0 Å². The molecule has 0 unspecified atom stereocenters. The highest BCUT2D eigenvalue weighted by molar-refractivity contribution is 5.80. The number of alkyl halides is 3. The van der Waals surface area contributed by atoms with Gasteiger partial charge in [-0.3, -0.25) is 4.79 Å². The summed E-state index contributed by atoms with van der Waals surface area (Å²) in [6, 6.07) is 16.5. The van der Waals surface area contributed by atoms with Crippen molar-refractivity contribution in [3.05, 3.63) is 106 Å². The summed E-state index contributed by atoms with van der Waals surface area (Å²) >= 11 is 0. The molecule has 0 N–H and O–H groups in total. The SMILES string of the molecule is Cc1ccc(CC(=O)CCCCCC(c2ccc(F)cc2)c2ccc(F)cc2)cc1C(F)(F)F. The van der Waals surface area contributed by atoms with Gasteiger partial charge in [-0.25, -0.2) is 8.78 Å². The molecule has 1 nitrogen and oxygen atoms in total. The first kappa shape index (κ1) is 25.6. The second-order valence-corrected chi connectivity index (χ2v) is 8.62. The van der Waals surface area contributed by atoms with Crippen molar-refractivity contribution in [2.45, 2.75) is 57.5 Å². The second-order valence-electron chi connectivity index (χ2n) is 8.62. The molecule has 0 saturated carbocycles. The zero-order valence-corrected chi connectivity index (χ0v) is 19.0. The molecular weight excluding hydrogens is 447 g/mol. The standard InChI is InChI=1S/C28H27F5O/c1-19-7-8-20(18-27(19)28(31,32)33)17-25(34)5-3-2-4-6-26(21-9-13-23(29)14-10-21)22-11-15-24(30)16-12-22/h7-16,18,26H,2-6,17H2,1H3. The van der Waals surface area contributed by atoms with E-state index >= 15 is 0 Å². The Morgan fingerprint density at radius 2 is 1.35 bits per heavy atom. The maximum Gasteiger partial charge on any atom is 0.416 e. The molecule has 0 heterocycles. The van der Waals surface area contributed by atoms with E-state index in [0.29, 0.717) is 18.4 Å². The van der Waals surface area contributed by atoms with Gasteiger partial charge in [0.15, 0.2) is 0 Å². The van der Waals surface area contributed by atoms with Crippen molar-refractivity contribution in [3.8, 4) is 0 Å². The molecule has 0 aliphatic rings. The van der Waals surface area contributed by atoms with Crippen LogP contribution in [0.2, 0.25) is 0 Å². The molecular formula is C28H27F5O. The zero-order valence-electron chi connectivity index (χ0n) is 19.0. The van der Waals surface area contributed by atoms with Crippen molar-refractivity contribution in [2.75, 3.05) is 0 Å². The molecule has 0 aromatic heterocycles. The van der Waals surface area contributed by atoms with Crippen LogP contribution in [0, 0.1) is 18.6 Å². The average molecular weight is 475 g/mol. The molecule has 34 heavy (non-hydrogen) atoms. The van der Waals surface area contributed by atoms with Crippen LogP contribution < -0.4 is 0 Å². The largest absolute Gasteiger partial charge is 0.416 e. The zero-order chi connectivity index (χ0) is 24.7. The number of carbonyl (C=O) groups excluding carboxylic acids is 1. The minimum atomic E-state index is -4.44. The molecule has 0 aliphatic carbocycles. The number of hydrogen-bond acceptors (Lipinski definition) is 1. The predicted octanol–water partition coefficient (Wildman–Crippen LogP) is 8.19. The maximum absolute atomic E-state index is 13.4. The van der Waals surface area contributed by atoms with E-state index in [9.17, 15) is 26.7 Å². The molecule has 0 fully saturated rings. The number of ketones is 1. The summed E-state index contributed by atoms with van der Waals surface area (Å²) in [5.74, 6) is -0.761. The third-order valence-corrected chi connectivity index (χ3v) is 6.00. The van der Waals surface area contributed by atoms with E-state index in [1.807, 2.05) is 0 Å². The van der Waals surface area contributed by atoms with Crippen molar-refractivity contribution < 1.29 is 26.7 Å². The highest BCUT2D eigenvalue weighted by Gasteiger charge is 2.32. The minimum Gasteiger partial charge on any atom is -0.299 e. The Hall–Kier alpha value is -3.02. The van der Waals surface area contributed by atoms with Gasteiger partial charge in [-0.15, -0.1) is 0 Å². The van der Waals surface area contributed by atoms with Gasteiger partial charge in [0.05, 0.1) is 5.56 Å². The van der Waals surface area contributed by atoms with E-state index in [4.69, 9.17) is 0 Å². The average Bonchev–Trinajstić information content (AvgIpc) is 2.78. The van der Waals surface area contributed by atoms with Gasteiger partial charge < -0.3 is 0 Å². The third-order valence-electron chi connectivity index (χ3n) is 6.00. The molecule has 0 aliphatic heterocycles. The van der Waals surface area contributed by atoms with Crippen molar-refractivity contribution >= 4 is 5.78 Å². The summed E-state index contributed by atoms with van der Waals surface area (Å²) in [5.41, 5.74) is 1.68. The van der Waals surface area contributed by atoms with Crippen LogP contribution in [0.15, 0.2) is 66.7 Å². The number of unbranched alkanes of at least 4 members (excludes halogenated alkanes) is 2. The Kier molecular flexibility index (Phi) is 8.59. The summed E-state index contributed by atoms with van der Waals surface area (Å²) in [5, 5.41) is 0. The summed E-state index contributed by atoms with van der Waals surface area (Å²) in [7, 11) is 0. The molecule has 0 saturated heterocycles. The molecule has 180 valence electrons. The van der Waals surface area contributed by atoms with Crippen molar-refractivity contribution in [1.82, 2.24) is 0 Å². The summed E-state index contributed by atoms with van der Waals surface area (Å²) in [6.45, 7) is 1.40. The van der Waals surface area contributed by atoms with Crippen LogP contribution in [-0.4, -0.2) is 5.78 Å². The van der Waals surface area contributed by atoms with Gasteiger partial charge in [-0.1, -0.05) is 49.2 Å². The van der Waals surface area contributed by atoms with Gasteiger partial charge in [-0.2, -0.15) is 13.2 Å². The van der Waals surface area contributed by atoms with E-state index in [-0.39, 0.29) is 35.3 Å². The fourth-order valence-corrected chi connectivity index (χ4v) is 4.16. The van der Waals surface area contributed by atoms with E-state index < -0.39 is 11.7 Å². The van der Waals surface area contributed by atoms with Gasteiger partial charge >= 0.3 is 6.18 Å². The molecule has 0 atom stereocenters. The highest BCUT2D eigenvalue weighted by atomic mass is 19.4. The molecule has 3 rings (SSSR count). The van der Waals surface area contributed by atoms with Crippen LogP contribution in [0.3, 0.4) is 0 Å². The van der Waals surface area contributed by atoms with Crippen LogP contribution in [0.1, 0.15) is 65.8 Å². The molecule has 3 aromatic rings. The molecule has 0 bridgehead atoms. The molecule has 0 radical (unpaired) electrons. The van der Waals surface area contributed by atoms with Gasteiger partial charge in [0.25, 0.3) is 0 Å². The van der Waals surface area contributed by atoms with Gasteiger partial charge in [0, 0.05) is 18.8 Å². The predicted molar refractivity (Wildman–Crippen MR) is 123 cm³/mol. The Bertz CT molecular complexity index is 1040. The first-order valence-corrected chi connectivity index (χ1v) is 11.3. The smallest absolute Gasteiger partial charge is 0.299 e. The van der Waals surface area contributed by atoms with Crippen LogP contribution >= 0.6 is 0 Å². The second kappa shape index (κ2) is 11.4. The highest BCUT2D eigenvalue weighted by Crippen LogP contribution is 2.33. The number of hydrogen-bond donors (Lipinski definition) is 0. The lowest BCUT2D eigenvalue weighted by Crippen LogP contribution is -2.10. The molecule has 6 heteroatoms. The van der Waals surface area contributed by atoms with E-state index in [1.165, 1.54) is 37.3 Å². The fraction of sp³-hybridized carbons (Fsp3) is 0.321. The van der Waals surface area contributed by atoms with E-state index in [0.717, 1.165) is 36.5 Å². The molecule has 0 spiro atoms. The number of aryl methyl sites for hydroxylation is 1. The normalized spacial score (nSPS) is 11.7. The first-order valence-electron chi connectivity index (χ1n) is 11.3. The van der Waals surface area contributed by atoms with E-state index in [2.05, 4.69) is 0 Å². The van der Waals surface area contributed by atoms with Gasteiger partial charge in [0.1, 0.15) is 17.4 Å². The fourth-order valence-electron chi connectivity index (χ4n) is 4.16. The summed E-state index contributed by atoms with van der Waals surface area (Å²) in [6.07, 6.45) is -1.20. The van der Waals surface area contributed by atoms with Crippen molar-refractivity contribution in [2.24, 2.45) is 0 Å². The van der Waals surface area contributed by atoms with E-state index in [1.54, 1.807) is 30.3 Å². The monoisotopic (exact) mass is 474 g/mol. The third kappa shape index (κ3) is 7.24. The Balaban J connectivity index is 1.52. The number of Topliss-reactive ketones (excluding diaryl/α,β-unsaturated/α-hetero) is 1. The van der Waals surface area contributed by atoms with Crippen LogP contribution in [0.25, 0.3) is 0 Å². The van der Waals surface area contributed by atoms with Crippen molar-refractivity contribution in [3.63, 3.8) is 0 Å². The Morgan fingerprint density at radius 1 is 0.794 bits per heavy atom. The van der Waals surface area contributed by atoms with Crippen LogP contribution in [0.5, 0.6) is 0 Å². The number of rotatable bonds is 10. The number of halogens is 5. The number of carbonyl (C=O) groups is 1. The Labute approximate surface area is 196 Å². The minimum absolute atomic E-state index is 0.0167. The first-order chi connectivity index (χ1) is 16.1. The summed E-state index contributed by atoms with van der Waals surface area (Å²) in [4.78, 5) is 12.3.